The minimum absolute atomic E-state index is 0.0122. The van der Waals surface area contributed by atoms with Crippen molar-refractivity contribution in [1.82, 2.24) is 9.47 Å². The molecule has 1 heterocycles. The molecule has 0 saturated heterocycles. The second kappa shape index (κ2) is 6.89. The normalized spacial score (nSPS) is 17.8. The Morgan fingerprint density at radius 2 is 2.05 bits per heavy atom. The van der Waals surface area contributed by atoms with Gasteiger partial charge in [0.05, 0.1) is 6.42 Å². The highest BCUT2D eigenvalue weighted by Crippen LogP contribution is 2.35. The van der Waals surface area contributed by atoms with Crippen LogP contribution in [0.1, 0.15) is 38.5 Å². The summed E-state index contributed by atoms with van der Waals surface area (Å²) in [5.41, 5.74) is -0.260. The molecule has 0 amide bonds. The summed E-state index contributed by atoms with van der Waals surface area (Å²) in [6.45, 7) is 1.29. The van der Waals surface area contributed by atoms with Crippen molar-refractivity contribution in [1.29, 1.82) is 0 Å². The number of carboxylic acids is 1. The summed E-state index contributed by atoms with van der Waals surface area (Å²) in [5.74, 6) is -0.736. The standard InChI is InChI=1S/C16H24N2O3/c1-17(11-12-18-10-6-3-7-14(18)19)16(13-15(20)21)8-4-2-5-9-16/h3,6-7,10H,2,4-5,8-9,11-13H2,1H3,(H,20,21). The number of likely N-dealkylation sites (N-methyl/N-ethyl adjacent to an activating group) is 1. The van der Waals surface area contributed by atoms with Gasteiger partial charge in [0, 0.05) is 30.9 Å². The maximum Gasteiger partial charge on any atom is 0.305 e. The molecule has 2 rings (SSSR count). The first-order valence-electron chi connectivity index (χ1n) is 7.62. The third-order valence-electron chi connectivity index (χ3n) is 4.65. The Labute approximate surface area is 125 Å². The highest BCUT2D eigenvalue weighted by atomic mass is 16.4. The molecule has 1 aromatic heterocycles. The Hall–Kier alpha value is -1.62. The van der Waals surface area contributed by atoms with Gasteiger partial charge < -0.3 is 9.67 Å². The molecule has 1 fully saturated rings. The number of pyridine rings is 1. The summed E-state index contributed by atoms with van der Waals surface area (Å²) in [6.07, 6.45) is 7.19. The second-order valence-electron chi connectivity index (χ2n) is 6.01. The summed E-state index contributed by atoms with van der Waals surface area (Å²) in [5, 5.41) is 9.23. The highest BCUT2D eigenvalue weighted by Gasteiger charge is 2.37. The summed E-state index contributed by atoms with van der Waals surface area (Å²) >= 11 is 0. The molecule has 5 nitrogen and oxygen atoms in total. The Balaban J connectivity index is 2.04. The van der Waals surface area contributed by atoms with E-state index < -0.39 is 5.97 Å². The van der Waals surface area contributed by atoms with E-state index >= 15 is 0 Å². The lowest BCUT2D eigenvalue weighted by Gasteiger charge is -2.44. The van der Waals surface area contributed by atoms with Crippen molar-refractivity contribution in [2.75, 3.05) is 13.6 Å². The van der Waals surface area contributed by atoms with E-state index in [1.807, 2.05) is 13.1 Å². The van der Waals surface area contributed by atoms with Crippen LogP contribution in [-0.2, 0) is 11.3 Å². The fourth-order valence-electron chi connectivity index (χ4n) is 3.33. The van der Waals surface area contributed by atoms with Gasteiger partial charge in [-0.3, -0.25) is 14.5 Å². The number of carbonyl (C=O) groups is 1. The molecule has 5 heteroatoms. The lowest BCUT2D eigenvalue weighted by atomic mass is 9.78. The van der Waals surface area contributed by atoms with Gasteiger partial charge in [0.1, 0.15) is 0 Å². The zero-order valence-electron chi connectivity index (χ0n) is 12.6. The third-order valence-corrected chi connectivity index (χ3v) is 4.65. The van der Waals surface area contributed by atoms with E-state index in [1.54, 1.807) is 22.9 Å². The van der Waals surface area contributed by atoms with Gasteiger partial charge in [-0.15, -0.1) is 0 Å². The first-order valence-corrected chi connectivity index (χ1v) is 7.62. The average molecular weight is 292 g/mol. The van der Waals surface area contributed by atoms with Gasteiger partial charge in [-0.25, -0.2) is 0 Å². The first-order chi connectivity index (χ1) is 10.0. The van der Waals surface area contributed by atoms with Crippen molar-refractivity contribution in [3.63, 3.8) is 0 Å². The molecule has 1 aromatic rings. The molecule has 1 aliphatic carbocycles. The maximum absolute atomic E-state index is 11.7. The number of hydrogen-bond donors (Lipinski definition) is 1. The van der Waals surface area contributed by atoms with E-state index in [2.05, 4.69) is 4.90 Å². The maximum atomic E-state index is 11.7. The fraction of sp³-hybridized carbons (Fsp3) is 0.625. The van der Waals surface area contributed by atoms with Crippen LogP contribution in [0.25, 0.3) is 0 Å². The average Bonchev–Trinajstić information content (AvgIpc) is 2.46. The molecule has 0 aromatic carbocycles. The number of carboxylic acid groups (broad SMARTS) is 1. The van der Waals surface area contributed by atoms with Crippen molar-refractivity contribution in [2.45, 2.75) is 50.6 Å². The quantitative estimate of drug-likeness (QED) is 0.870. The second-order valence-corrected chi connectivity index (χ2v) is 6.01. The molecule has 0 radical (unpaired) electrons. The summed E-state index contributed by atoms with van der Waals surface area (Å²) in [7, 11) is 1.99. The number of rotatable bonds is 6. The number of aromatic nitrogens is 1. The Morgan fingerprint density at radius 3 is 2.67 bits per heavy atom. The van der Waals surface area contributed by atoms with Crippen molar-refractivity contribution in [2.24, 2.45) is 0 Å². The van der Waals surface area contributed by atoms with Crippen LogP contribution in [0.4, 0.5) is 0 Å². The lowest BCUT2D eigenvalue weighted by molar-refractivity contribution is -0.141. The van der Waals surface area contributed by atoms with Crippen LogP contribution in [0, 0.1) is 0 Å². The van der Waals surface area contributed by atoms with E-state index in [9.17, 15) is 14.7 Å². The Morgan fingerprint density at radius 1 is 1.33 bits per heavy atom. The zero-order valence-corrected chi connectivity index (χ0v) is 12.6. The molecule has 0 bridgehead atoms. The van der Waals surface area contributed by atoms with Crippen LogP contribution < -0.4 is 5.56 Å². The van der Waals surface area contributed by atoms with E-state index in [0.29, 0.717) is 13.1 Å². The third kappa shape index (κ3) is 3.94. The first kappa shape index (κ1) is 15.8. The van der Waals surface area contributed by atoms with Crippen molar-refractivity contribution < 1.29 is 9.90 Å². The molecule has 116 valence electrons. The summed E-state index contributed by atoms with van der Waals surface area (Å²) < 4.78 is 1.67. The Bertz CT molecular complexity index is 532. The predicted molar refractivity (Wildman–Crippen MR) is 81.4 cm³/mol. The largest absolute Gasteiger partial charge is 0.481 e. The monoisotopic (exact) mass is 292 g/mol. The lowest BCUT2D eigenvalue weighted by Crippen LogP contribution is -2.50. The van der Waals surface area contributed by atoms with Gasteiger partial charge in [-0.2, -0.15) is 0 Å². The van der Waals surface area contributed by atoms with Crippen LogP contribution in [0.3, 0.4) is 0 Å². The number of nitrogens with zero attached hydrogens (tertiary/aromatic N) is 2. The van der Waals surface area contributed by atoms with Crippen LogP contribution in [-0.4, -0.2) is 39.7 Å². The molecular weight excluding hydrogens is 268 g/mol. The molecule has 0 aliphatic heterocycles. The summed E-state index contributed by atoms with van der Waals surface area (Å²) in [6, 6.07) is 5.12. The minimum Gasteiger partial charge on any atom is -0.481 e. The SMILES string of the molecule is CN(CCn1ccccc1=O)C1(CC(=O)O)CCCCC1. The molecular formula is C16H24N2O3. The number of hydrogen-bond acceptors (Lipinski definition) is 3. The van der Waals surface area contributed by atoms with E-state index in [0.717, 1.165) is 25.7 Å². The van der Waals surface area contributed by atoms with Gasteiger partial charge in [-0.1, -0.05) is 25.3 Å². The predicted octanol–water partition coefficient (Wildman–Crippen LogP) is 1.96. The van der Waals surface area contributed by atoms with Gasteiger partial charge in [0.15, 0.2) is 0 Å². The zero-order chi connectivity index (χ0) is 15.3. The van der Waals surface area contributed by atoms with Crippen molar-refractivity contribution in [3.05, 3.63) is 34.7 Å². The summed E-state index contributed by atoms with van der Waals surface area (Å²) in [4.78, 5) is 25.1. The topological polar surface area (TPSA) is 62.5 Å². The molecule has 0 atom stereocenters. The van der Waals surface area contributed by atoms with Gasteiger partial charge in [-0.05, 0) is 26.0 Å². The van der Waals surface area contributed by atoms with Crippen LogP contribution in [0.5, 0.6) is 0 Å². The smallest absolute Gasteiger partial charge is 0.305 e. The van der Waals surface area contributed by atoms with E-state index in [-0.39, 0.29) is 17.5 Å². The minimum atomic E-state index is -0.736. The van der Waals surface area contributed by atoms with Crippen LogP contribution in [0.2, 0.25) is 0 Å². The van der Waals surface area contributed by atoms with Crippen molar-refractivity contribution in [3.8, 4) is 0 Å². The van der Waals surface area contributed by atoms with Crippen LogP contribution >= 0.6 is 0 Å². The molecule has 1 N–H and O–H groups in total. The van der Waals surface area contributed by atoms with Gasteiger partial charge in [0.2, 0.25) is 0 Å². The molecule has 0 unspecified atom stereocenters. The molecule has 1 saturated carbocycles. The Kier molecular flexibility index (Phi) is 5.17. The van der Waals surface area contributed by atoms with Crippen LogP contribution in [0.15, 0.2) is 29.2 Å². The fourth-order valence-corrected chi connectivity index (χ4v) is 3.33. The molecule has 1 aliphatic rings. The molecule has 21 heavy (non-hydrogen) atoms. The number of aliphatic carboxylic acids is 1. The van der Waals surface area contributed by atoms with Gasteiger partial charge in [0.25, 0.3) is 5.56 Å². The highest BCUT2D eigenvalue weighted by molar-refractivity contribution is 5.68. The van der Waals surface area contributed by atoms with Crippen molar-refractivity contribution >= 4 is 5.97 Å². The molecule has 0 spiro atoms. The van der Waals surface area contributed by atoms with E-state index in [4.69, 9.17) is 0 Å². The van der Waals surface area contributed by atoms with Gasteiger partial charge >= 0.3 is 5.97 Å². The van der Waals surface area contributed by atoms with E-state index in [1.165, 1.54) is 6.42 Å².